The molecule has 2 atom stereocenters. The maximum atomic E-state index is 12.4. The minimum absolute atomic E-state index is 0.124. The molecule has 0 aliphatic rings. The molecular formula is C39H69O8P. The van der Waals surface area contributed by atoms with Crippen molar-refractivity contribution < 1.29 is 37.6 Å². The Morgan fingerprint density at radius 2 is 1.06 bits per heavy atom. The molecule has 48 heavy (non-hydrogen) atoms. The first-order chi connectivity index (χ1) is 23.3. The van der Waals surface area contributed by atoms with Crippen LogP contribution >= 0.6 is 7.82 Å². The predicted molar refractivity (Wildman–Crippen MR) is 198 cm³/mol. The van der Waals surface area contributed by atoms with Crippen molar-refractivity contribution >= 4 is 19.8 Å². The standard InChI is InChI=1S/C39H69O8P/c1-4-6-8-10-12-14-16-18-19-20-22-23-25-27-29-31-33-38(40)45-35-37(36-46-48(42,43)44-3)47-39(41)34-32-30-28-26-24-21-17-15-13-11-9-7-5-2/h7,9,13,15,21,24,28,30,37H,4-6,8,10-12,14,16-20,22-23,25-27,29,31-36H2,1-3H3,(H,42,43)/b9-7-,15-13-,24-21-,30-28-. The maximum Gasteiger partial charge on any atom is 0.472 e. The van der Waals surface area contributed by atoms with Gasteiger partial charge < -0.3 is 14.4 Å². The molecule has 0 saturated carbocycles. The molecule has 0 amide bonds. The first-order valence-corrected chi connectivity index (χ1v) is 20.3. The fraction of sp³-hybridized carbons (Fsp3) is 0.744. The Morgan fingerprint density at radius 3 is 1.54 bits per heavy atom. The molecule has 0 rings (SSSR count). The summed E-state index contributed by atoms with van der Waals surface area (Å²) in [5.41, 5.74) is 0. The van der Waals surface area contributed by atoms with Crippen molar-refractivity contribution in [2.45, 2.75) is 168 Å². The smallest absolute Gasteiger partial charge is 0.462 e. The third-order valence-electron chi connectivity index (χ3n) is 7.85. The van der Waals surface area contributed by atoms with Crippen LogP contribution < -0.4 is 0 Å². The molecule has 0 aliphatic heterocycles. The third-order valence-corrected chi connectivity index (χ3v) is 8.79. The van der Waals surface area contributed by atoms with Crippen LogP contribution in [0, 0.1) is 0 Å². The molecule has 278 valence electrons. The zero-order valence-corrected chi connectivity index (χ0v) is 31.5. The van der Waals surface area contributed by atoms with Crippen LogP contribution in [0.1, 0.15) is 162 Å². The predicted octanol–water partition coefficient (Wildman–Crippen LogP) is 11.4. The number of phosphoric acid groups is 1. The molecule has 0 aromatic heterocycles. The van der Waals surface area contributed by atoms with Crippen LogP contribution in [-0.4, -0.2) is 43.3 Å². The fourth-order valence-electron chi connectivity index (χ4n) is 4.97. The van der Waals surface area contributed by atoms with Gasteiger partial charge in [0, 0.05) is 20.0 Å². The van der Waals surface area contributed by atoms with E-state index in [1.54, 1.807) is 0 Å². The normalized spacial score (nSPS) is 14.0. The molecule has 1 N–H and O–H groups in total. The van der Waals surface area contributed by atoms with Crippen molar-refractivity contribution in [3.05, 3.63) is 48.6 Å². The Morgan fingerprint density at radius 1 is 0.604 bits per heavy atom. The van der Waals surface area contributed by atoms with Gasteiger partial charge in [0.25, 0.3) is 0 Å². The van der Waals surface area contributed by atoms with E-state index in [1.165, 1.54) is 83.5 Å². The van der Waals surface area contributed by atoms with Crippen molar-refractivity contribution in [2.24, 2.45) is 0 Å². The number of unbranched alkanes of at least 4 members (excludes halogenated alkanes) is 15. The highest BCUT2D eigenvalue weighted by Gasteiger charge is 2.24. The van der Waals surface area contributed by atoms with Gasteiger partial charge in [0.2, 0.25) is 0 Å². The molecule has 2 unspecified atom stereocenters. The zero-order chi connectivity index (χ0) is 35.4. The van der Waals surface area contributed by atoms with E-state index in [-0.39, 0.29) is 25.4 Å². The molecule has 0 bridgehead atoms. The molecule has 9 heteroatoms. The van der Waals surface area contributed by atoms with Crippen molar-refractivity contribution in [3.8, 4) is 0 Å². The number of esters is 2. The van der Waals surface area contributed by atoms with Gasteiger partial charge in [0.1, 0.15) is 6.61 Å². The summed E-state index contributed by atoms with van der Waals surface area (Å²) < 4.78 is 31.8. The summed E-state index contributed by atoms with van der Waals surface area (Å²) >= 11 is 0. The molecule has 0 fully saturated rings. The van der Waals surface area contributed by atoms with E-state index in [4.69, 9.17) is 14.0 Å². The number of phosphoric ester groups is 1. The van der Waals surface area contributed by atoms with Crippen LogP contribution in [0.15, 0.2) is 48.6 Å². The number of ether oxygens (including phenoxy) is 2. The topological polar surface area (TPSA) is 108 Å². The molecule has 0 aliphatic carbocycles. The molecule has 0 heterocycles. The van der Waals surface area contributed by atoms with Crippen molar-refractivity contribution in [2.75, 3.05) is 20.3 Å². The Balaban J connectivity index is 4.13. The summed E-state index contributed by atoms with van der Waals surface area (Å²) in [6.07, 6.45) is 40.4. The number of rotatable bonds is 34. The second kappa shape index (κ2) is 34.9. The second-order valence-corrected chi connectivity index (χ2v) is 13.9. The van der Waals surface area contributed by atoms with Gasteiger partial charge in [-0.15, -0.1) is 0 Å². The van der Waals surface area contributed by atoms with E-state index in [2.05, 4.69) is 54.8 Å². The van der Waals surface area contributed by atoms with Gasteiger partial charge in [-0.25, -0.2) is 4.57 Å². The number of carbonyl (C=O) groups excluding carboxylic acids is 2. The van der Waals surface area contributed by atoms with Gasteiger partial charge in [-0.1, -0.05) is 159 Å². The Kier molecular flexibility index (Phi) is 33.4. The van der Waals surface area contributed by atoms with Crippen molar-refractivity contribution in [1.82, 2.24) is 0 Å². The lowest BCUT2D eigenvalue weighted by Gasteiger charge is -2.19. The Hall–Kier alpha value is -1.99. The van der Waals surface area contributed by atoms with Gasteiger partial charge in [-0.05, 0) is 38.5 Å². The highest BCUT2D eigenvalue weighted by molar-refractivity contribution is 7.47. The lowest BCUT2D eigenvalue weighted by Crippen LogP contribution is -2.29. The summed E-state index contributed by atoms with van der Waals surface area (Å²) in [5.74, 6) is -0.898. The number of carbonyl (C=O) groups is 2. The molecular weight excluding hydrogens is 627 g/mol. The summed E-state index contributed by atoms with van der Waals surface area (Å²) in [6.45, 7) is 3.70. The van der Waals surface area contributed by atoms with Crippen LogP contribution in [0.4, 0.5) is 0 Å². The second-order valence-electron chi connectivity index (χ2n) is 12.3. The van der Waals surface area contributed by atoms with Crippen LogP contribution in [0.3, 0.4) is 0 Å². The third kappa shape index (κ3) is 33.9. The van der Waals surface area contributed by atoms with Crippen molar-refractivity contribution in [1.29, 1.82) is 0 Å². The van der Waals surface area contributed by atoms with Gasteiger partial charge in [0.15, 0.2) is 6.10 Å². The summed E-state index contributed by atoms with van der Waals surface area (Å²) in [4.78, 5) is 34.3. The largest absolute Gasteiger partial charge is 0.472 e. The van der Waals surface area contributed by atoms with Crippen LogP contribution in [0.2, 0.25) is 0 Å². The van der Waals surface area contributed by atoms with Crippen molar-refractivity contribution in [3.63, 3.8) is 0 Å². The minimum Gasteiger partial charge on any atom is -0.462 e. The van der Waals surface area contributed by atoms with Crippen LogP contribution in [0.5, 0.6) is 0 Å². The SMILES string of the molecule is CC/C=C\C/C=C\C/C=C\C/C=C\CCC(=O)OC(COC(=O)CCCCCCCCCCCCCCCCCC)COP(=O)(O)OC. The van der Waals surface area contributed by atoms with E-state index >= 15 is 0 Å². The highest BCUT2D eigenvalue weighted by Crippen LogP contribution is 2.42. The minimum atomic E-state index is -4.27. The average Bonchev–Trinajstić information content (AvgIpc) is 3.07. The molecule has 0 saturated heterocycles. The number of allylic oxidation sites excluding steroid dienone is 8. The zero-order valence-electron chi connectivity index (χ0n) is 30.6. The maximum absolute atomic E-state index is 12.4. The lowest BCUT2D eigenvalue weighted by molar-refractivity contribution is -0.161. The Bertz CT molecular complexity index is 927. The van der Waals surface area contributed by atoms with E-state index in [1.807, 2.05) is 12.2 Å². The van der Waals surface area contributed by atoms with Gasteiger partial charge >= 0.3 is 19.8 Å². The lowest BCUT2D eigenvalue weighted by atomic mass is 10.0. The quantitative estimate of drug-likeness (QED) is 0.0306. The molecule has 0 radical (unpaired) electrons. The van der Waals surface area contributed by atoms with E-state index in [0.29, 0.717) is 6.42 Å². The first-order valence-electron chi connectivity index (χ1n) is 18.8. The van der Waals surface area contributed by atoms with Gasteiger partial charge in [-0.3, -0.25) is 18.6 Å². The van der Waals surface area contributed by atoms with Gasteiger partial charge in [0.05, 0.1) is 6.61 Å². The van der Waals surface area contributed by atoms with Crippen LogP contribution in [-0.2, 0) is 32.7 Å². The monoisotopic (exact) mass is 696 g/mol. The fourth-order valence-corrected chi connectivity index (χ4v) is 5.43. The number of hydrogen-bond acceptors (Lipinski definition) is 7. The van der Waals surface area contributed by atoms with E-state index in [9.17, 15) is 19.0 Å². The first kappa shape index (κ1) is 46.0. The Labute approximate surface area is 293 Å². The van der Waals surface area contributed by atoms with E-state index in [0.717, 1.165) is 52.1 Å². The highest BCUT2D eigenvalue weighted by atomic mass is 31.2. The summed E-state index contributed by atoms with van der Waals surface area (Å²) in [5, 5.41) is 0. The van der Waals surface area contributed by atoms with Crippen LogP contribution in [0.25, 0.3) is 0 Å². The van der Waals surface area contributed by atoms with E-state index < -0.39 is 26.5 Å². The average molecular weight is 697 g/mol. The molecule has 0 aromatic rings. The molecule has 0 aromatic carbocycles. The summed E-state index contributed by atoms with van der Waals surface area (Å²) in [6, 6.07) is 0. The number of hydrogen-bond donors (Lipinski definition) is 1. The van der Waals surface area contributed by atoms with Gasteiger partial charge in [-0.2, -0.15) is 0 Å². The molecule has 0 spiro atoms. The summed E-state index contributed by atoms with van der Waals surface area (Å²) in [7, 11) is -3.23. The molecule has 8 nitrogen and oxygen atoms in total.